The van der Waals surface area contributed by atoms with Crippen LogP contribution in [0.15, 0.2) is 48.7 Å². The molecule has 1 aromatic heterocycles. The van der Waals surface area contributed by atoms with Gasteiger partial charge in [-0.25, -0.2) is 0 Å². The summed E-state index contributed by atoms with van der Waals surface area (Å²) in [6.45, 7) is 5.59. The Kier molecular flexibility index (Phi) is 5.82. The van der Waals surface area contributed by atoms with Crippen molar-refractivity contribution in [3.63, 3.8) is 0 Å². The molecule has 1 amide bonds. The number of ether oxygens (including phenoxy) is 1. The fourth-order valence-corrected chi connectivity index (χ4v) is 3.73. The predicted molar refractivity (Wildman–Crippen MR) is 108 cm³/mol. The van der Waals surface area contributed by atoms with Crippen LogP contribution >= 0.6 is 0 Å². The SMILES string of the molecule is COc1ccccc1C1C(C(=O)C(C)(C)C)C(=O)C(=O)N1CCc1ccccn1. The molecule has 0 aliphatic carbocycles. The monoisotopic (exact) mass is 394 g/mol. The first-order valence-corrected chi connectivity index (χ1v) is 9.67. The number of methoxy groups -OCH3 is 1. The smallest absolute Gasteiger partial charge is 0.291 e. The number of carbonyl (C=O) groups excluding carboxylic acids is 3. The summed E-state index contributed by atoms with van der Waals surface area (Å²) >= 11 is 0. The minimum absolute atomic E-state index is 0.243. The van der Waals surface area contributed by atoms with Crippen LogP contribution in [-0.4, -0.2) is 41.0 Å². The van der Waals surface area contributed by atoms with E-state index in [1.807, 2.05) is 36.4 Å². The maximum absolute atomic E-state index is 13.2. The van der Waals surface area contributed by atoms with Gasteiger partial charge in [-0.05, 0) is 18.2 Å². The van der Waals surface area contributed by atoms with E-state index in [1.54, 1.807) is 33.0 Å². The third-order valence-corrected chi connectivity index (χ3v) is 5.22. The van der Waals surface area contributed by atoms with Crippen molar-refractivity contribution in [2.45, 2.75) is 33.2 Å². The van der Waals surface area contributed by atoms with Gasteiger partial charge in [-0.2, -0.15) is 0 Å². The number of amides is 1. The lowest BCUT2D eigenvalue weighted by Crippen LogP contribution is -2.36. The minimum atomic E-state index is -1.05. The Labute approximate surface area is 170 Å². The first-order valence-electron chi connectivity index (χ1n) is 9.67. The van der Waals surface area contributed by atoms with Crippen molar-refractivity contribution in [2.75, 3.05) is 13.7 Å². The zero-order chi connectivity index (χ0) is 21.2. The molecule has 2 unspecified atom stereocenters. The highest BCUT2D eigenvalue weighted by molar-refractivity contribution is 6.43. The van der Waals surface area contributed by atoms with Crippen molar-refractivity contribution < 1.29 is 19.1 Å². The van der Waals surface area contributed by atoms with E-state index in [4.69, 9.17) is 4.74 Å². The molecule has 6 heteroatoms. The Morgan fingerprint density at radius 2 is 1.79 bits per heavy atom. The highest BCUT2D eigenvalue weighted by Gasteiger charge is 2.53. The van der Waals surface area contributed by atoms with Gasteiger partial charge in [-0.1, -0.05) is 45.0 Å². The number of carbonyl (C=O) groups is 3. The average Bonchev–Trinajstić information content (AvgIpc) is 2.96. The van der Waals surface area contributed by atoms with Crippen molar-refractivity contribution in [1.82, 2.24) is 9.88 Å². The van der Waals surface area contributed by atoms with Gasteiger partial charge in [0.05, 0.1) is 13.2 Å². The maximum atomic E-state index is 13.2. The Morgan fingerprint density at radius 3 is 2.41 bits per heavy atom. The van der Waals surface area contributed by atoms with Crippen LogP contribution < -0.4 is 4.74 Å². The molecule has 2 atom stereocenters. The molecule has 0 N–H and O–H groups in total. The van der Waals surface area contributed by atoms with Crippen LogP contribution in [0.1, 0.15) is 38.1 Å². The third-order valence-electron chi connectivity index (χ3n) is 5.22. The molecule has 29 heavy (non-hydrogen) atoms. The summed E-state index contributed by atoms with van der Waals surface area (Å²) in [5, 5.41) is 0. The molecule has 1 saturated heterocycles. The van der Waals surface area contributed by atoms with Crippen molar-refractivity contribution >= 4 is 17.5 Å². The molecule has 0 saturated carbocycles. The number of ketones is 2. The first kappa shape index (κ1) is 20.7. The van der Waals surface area contributed by atoms with Gasteiger partial charge in [0.15, 0.2) is 5.78 Å². The van der Waals surface area contributed by atoms with E-state index in [1.165, 1.54) is 12.0 Å². The van der Waals surface area contributed by atoms with E-state index in [0.29, 0.717) is 17.7 Å². The van der Waals surface area contributed by atoms with Gasteiger partial charge in [0, 0.05) is 35.8 Å². The quantitative estimate of drug-likeness (QED) is 0.556. The molecule has 1 fully saturated rings. The number of nitrogens with zero attached hydrogens (tertiary/aromatic N) is 2. The van der Waals surface area contributed by atoms with Crippen molar-refractivity contribution in [3.8, 4) is 5.75 Å². The van der Waals surface area contributed by atoms with Crippen LogP contribution in [0.25, 0.3) is 0 Å². The molecule has 152 valence electrons. The highest BCUT2D eigenvalue weighted by Crippen LogP contribution is 2.43. The second-order valence-corrected chi connectivity index (χ2v) is 8.21. The van der Waals surface area contributed by atoms with Gasteiger partial charge in [0.1, 0.15) is 11.7 Å². The summed E-state index contributed by atoms with van der Waals surface area (Å²) < 4.78 is 5.48. The molecule has 1 aliphatic heterocycles. The summed E-state index contributed by atoms with van der Waals surface area (Å²) in [5.74, 6) is -2.02. The lowest BCUT2D eigenvalue weighted by molar-refractivity contribution is -0.143. The molecule has 2 aromatic rings. The summed E-state index contributed by atoms with van der Waals surface area (Å²) in [6.07, 6.45) is 2.18. The molecular weight excluding hydrogens is 368 g/mol. The summed E-state index contributed by atoms with van der Waals surface area (Å²) in [5.41, 5.74) is 0.729. The third kappa shape index (κ3) is 4.06. The van der Waals surface area contributed by atoms with Gasteiger partial charge in [-0.15, -0.1) is 0 Å². The van der Waals surface area contributed by atoms with Gasteiger partial charge in [0.25, 0.3) is 5.91 Å². The number of para-hydroxylation sites is 1. The van der Waals surface area contributed by atoms with Crippen LogP contribution in [0.5, 0.6) is 5.75 Å². The predicted octanol–water partition coefficient (Wildman–Crippen LogP) is 3.02. The molecule has 0 radical (unpaired) electrons. The summed E-state index contributed by atoms with van der Waals surface area (Å²) in [4.78, 5) is 44.8. The van der Waals surface area contributed by atoms with E-state index in [-0.39, 0.29) is 12.3 Å². The van der Waals surface area contributed by atoms with E-state index < -0.39 is 29.1 Å². The maximum Gasteiger partial charge on any atom is 0.291 e. The fraction of sp³-hybridized carbons (Fsp3) is 0.391. The van der Waals surface area contributed by atoms with Gasteiger partial charge in [-0.3, -0.25) is 19.4 Å². The first-order chi connectivity index (χ1) is 13.8. The van der Waals surface area contributed by atoms with E-state index in [9.17, 15) is 14.4 Å². The average molecular weight is 394 g/mol. The topological polar surface area (TPSA) is 76.6 Å². The van der Waals surface area contributed by atoms with Crippen molar-refractivity contribution in [3.05, 3.63) is 59.9 Å². The molecular formula is C23H26N2O4. The normalized spacial score (nSPS) is 19.5. The lowest BCUT2D eigenvalue weighted by Gasteiger charge is -2.30. The number of Topliss-reactive ketones (excluding diaryl/α,β-unsaturated/α-hetero) is 2. The summed E-state index contributed by atoms with van der Waals surface area (Å²) in [7, 11) is 1.54. The highest BCUT2D eigenvalue weighted by atomic mass is 16.5. The largest absolute Gasteiger partial charge is 0.496 e. The number of benzene rings is 1. The lowest BCUT2D eigenvalue weighted by atomic mass is 9.77. The van der Waals surface area contributed by atoms with Crippen LogP contribution in [0, 0.1) is 11.3 Å². The number of likely N-dealkylation sites (tertiary alicyclic amines) is 1. The Morgan fingerprint density at radius 1 is 1.10 bits per heavy atom. The zero-order valence-corrected chi connectivity index (χ0v) is 17.2. The number of hydrogen-bond acceptors (Lipinski definition) is 5. The number of aromatic nitrogens is 1. The molecule has 2 heterocycles. The van der Waals surface area contributed by atoms with Crippen molar-refractivity contribution in [1.29, 1.82) is 0 Å². The molecule has 6 nitrogen and oxygen atoms in total. The van der Waals surface area contributed by atoms with Crippen LogP contribution in [-0.2, 0) is 20.8 Å². The Bertz CT molecular complexity index is 918. The van der Waals surface area contributed by atoms with E-state index in [2.05, 4.69) is 4.98 Å². The van der Waals surface area contributed by atoms with Crippen LogP contribution in [0.4, 0.5) is 0 Å². The zero-order valence-electron chi connectivity index (χ0n) is 17.2. The standard InChI is InChI=1S/C23H26N2O4/c1-23(2,3)21(27)18-19(16-10-5-6-11-17(16)29-4)25(22(28)20(18)26)14-12-15-9-7-8-13-24-15/h5-11,13,18-19H,12,14H2,1-4H3. The van der Waals surface area contributed by atoms with Crippen LogP contribution in [0.3, 0.4) is 0 Å². The van der Waals surface area contributed by atoms with E-state index in [0.717, 1.165) is 5.69 Å². The number of hydrogen-bond donors (Lipinski definition) is 0. The minimum Gasteiger partial charge on any atom is -0.496 e. The van der Waals surface area contributed by atoms with E-state index >= 15 is 0 Å². The molecule has 1 aromatic carbocycles. The Hall–Kier alpha value is -3.02. The Balaban J connectivity index is 2.04. The number of rotatable bonds is 6. The summed E-state index contributed by atoms with van der Waals surface area (Å²) in [6, 6.07) is 12.1. The molecule has 1 aliphatic rings. The second-order valence-electron chi connectivity index (χ2n) is 8.21. The molecule has 0 bridgehead atoms. The fourth-order valence-electron chi connectivity index (χ4n) is 3.73. The van der Waals surface area contributed by atoms with Gasteiger partial charge >= 0.3 is 0 Å². The molecule has 0 spiro atoms. The molecule has 3 rings (SSSR count). The van der Waals surface area contributed by atoms with Crippen LogP contribution in [0.2, 0.25) is 0 Å². The van der Waals surface area contributed by atoms with Gasteiger partial charge < -0.3 is 9.64 Å². The van der Waals surface area contributed by atoms with Crippen molar-refractivity contribution in [2.24, 2.45) is 11.3 Å². The number of pyridine rings is 1. The van der Waals surface area contributed by atoms with Gasteiger partial charge in [0.2, 0.25) is 5.78 Å². The second kappa shape index (κ2) is 8.15.